The van der Waals surface area contributed by atoms with Gasteiger partial charge in [-0.05, 0) is 79.2 Å². The molecule has 4 aromatic rings. The van der Waals surface area contributed by atoms with E-state index in [-0.39, 0.29) is 11.6 Å². The first-order valence-electron chi connectivity index (χ1n) is 13.8. The molecule has 232 valence electrons. The van der Waals surface area contributed by atoms with E-state index < -0.39 is 17.1 Å². The number of amides is 3. The first kappa shape index (κ1) is 33.5. The SMILES string of the molecule is CCC(Sc1cccc(NC(=O)/C(=C\c2cc(OC)ccc2OC)NC(=O)c2ccccc2)c1)C(=O)Nc1ccc(Cl)c(Cl)c1. The van der Waals surface area contributed by atoms with Gasteiger partial charge in [0.05, 0.1) is 29.5 Å². The first-order valence-corrected chi connectivity index (χ1v) is 15.5. The number of anilines is 2. The Morgan fingerprint density at radius 1 is 0.822 bits per heavy atom. The van der Waals surface area contributed by atoms with Gasteiger partial charge in [0, 0.05) is 27.4 Å². The molecule has 0 bridgehead atoms. The maximum absolute atomic E-state index is 13.6. The third-order valence-corrected chi connectivity index (χ3v) is 8.58. The van der Waals surface area contributed by atoms with E-state index in [1.165, 1.54) is 32.1 Å². The predicted octanol–water partition coefficient (Wildman–Crippen LogP) is 7.93. The Hall–Kier alpha value is -4.44. The van der Waals surface area contributed by atoms with E-state index in [9.17, 15) is 14.4 Å². The number of hydrogen-bond donors (Lipinski definition) is 3. The van der Waals surface area contributed by atoms with E-state index in [0.29, 0.717) is 50.5 Å². The lowest BCUT2D eigenvalue weighted by molar-refractivity contribution is -0.116. The van der Waals surface area contributed by atoms with Gasteiger partial charge in [-0.2, -0.15) is 0 Å². The number of methoxy groups -OCH3 is 2. The Morgan fingerprint density at radius 3 is 2.27 bits per heavy atom. The van der Waals surface area contributed by atoms with Gasteiger partial charge in [0.2, 0.25) is 5.91 Å². The van der Waals surface area contributed by atoms with Gasteiger partial charge in [0.25, 0.3) is 11.8 Å². The molecular formula is C34H31Cl2N3O5S. The number of benzene rings is 4. The minimum absolute atomic E-state index is 0.0131. The summed E-state index contributed by atoms with van der Waals surface area (Å²) >= 11 is 13.4. The van der Waals surface area contributed by atoms with Gasteiger partial charge in [0.1, 0.15) is 17.2 Å². The van der Waals surface area contributed by atoms with Gasteiger partial charge < -0.3 is 25.4 Å². The number of rotatable bonds is 12. The van der Waals surface area contributed by atoms with Crippen molar-refractivity contribution in [3.63, 3.8) is 0 Å². The minimum Gasteiger partial charge on any atom is -0.497 e. The molecule has 4 aromatic carbocycles. The fourth-order valence-corrected chi connectivity index (χ4v) is 5.49. The maximum Gasteiger partial charge on any atom is 0.272 e. The zero-order valence-corrected chi connectivity index (χ0v) is 27.1. The van der Waals surface area contributed by atoms with Crippen LogP contribution in [-0.2, 0) is 9.59 Å². The molecule has 1 unspecified atom stereocenters. The van der Waals surface area contributed by atoms with Crippen LogP contribution in [0.5, 0.6) is 11.5 Å². The summed E-state index contributed by atoms with van der Waals surface area (Å²) in [6.45, 7) is 1.91. The van der Waals surface area contributed by atoms with Crippen LogP contribution in [0.1, 0.15) is 29.3 Å². The molecule has 0 aliphatic rings. The van der Waals surface area contributed by atoms with Crippen LogP contribution >= 0.6 is 35.0 Å². The lowest BCUT2D eigenvalue weighted by atomic mass is 10.1. The number of carbonyl (C=O) groups excluding carboxylic acids is 3. The molecule has 0 radical (unpaired) electrons. The van der Waals surface area contributed by atoms with E-state index in [4.69, 9.17) is 32.7 Å². The van der Waals surface area contributed by atoms with Crippen molar-refractivity contribution < 1.29 is 23.9 Å². The molecule has 3 N–H and O–H groups in total. The van der Waals surface area contributed by atoms with Crippen molar-refractivity contribution in [1.29, 1.82) is 0 Å². The Bertz CT molecular complexity index is 1720. The Morgan fingerprint density at radius 2 is 1.58 bits per heavy atom. The molecular weight excluding hydrogens is 633 g/mol. The molecule has 0 aliphatic heterocycles. The monoisotopic (exact) mass is 663 g/mol. The van der Waals surface area contributed by atoms with Gasteiger partial charge in [-0.15, -0.1) is 11.8 Å². The minimum atomic E-state index is -0.560. The highest BCUT2D eigenvalue weighted by atomic mass is 35.5. The summed E-state index contributed by atoms with van der Waals surface area (Å²) in [4.78, 5) is 40.5. The number of hydrogen-bond acceptors (Lipinski definition) is 6. The number of halogens is 2. The van der Waals surface area contributed by atoms with Gasteiger partial charge in [-0.25, -0.2) is 0 Å². The van der Waals surface area contributed by atoms with Crippen LogP contribution in [0.3, 0.4) is 0 Å². The second kappa shape index (κ2) is 16.0. The highest BCUT2D eigenvalue weighted by Crippen LogP contribution is 2.31. The van der Waals surface area contributed by atoms with Crippen LogP contribution in [0.25, 0.3) is 6.08 Å². The number of carbonyl (C=O) groups is 3. The number of nitrogens with one attached hydrogen (secondary N) is 3. The van der Waals surface area contributed by atoms with Crippen molar-refractivity contribution in [2.24, 2.45) is 0 Å². The van der Waals surface area contributed by atoms with Crippen LogP contribution in [0.2, 0.25) is 10.0 Å². The Balaban J connectivity index is 1.55. The van der Waals surface area contributed by atoms with Gasteiger partial charge >= 0.3 is 0 Å². The second-order valence-corrected chi connectivity index (χ2v) is 11.7. The number of ether oxygens (including phenoxy) is 2. The summed E-state index contributed by atoms with van der Waals surface area (Å²) in [5.74, 6) is -0.179. The smallest absolute Gasteiger partial charge is 0.272 e. The van der Waals surface area contributed by atoms with Gasteiger partial charge in [-0.3, -0.25) is 14.4 Å². The average molecular weight is 665 g/mol. The normalized spacial score (nSPS) is 11.7. The second-order valence-electron chi connectivity index (χ2n) is 9.60. The molecule has 3 amide bonds. The largest absolute Gasteiger partial charge is 0.497 e. The van der Waals surface area contributed by atoms with Crippen molar-refractivity contribution in [2.75, 3.05) is 24.9 Å². The molecule has 45 heavy (non-hydrogen) atoms. The topological polar surface area (TPSA) is 106 Å². The highest BCUT2D eigenvalue weighted by molar-refractivity contribution is 8.00. The summed E-state index contributed by atoms with van der Waals surface area (Å²) in [7, 11) is 3.05. The summed E-state index contributed by atoms with van der Waals surface area (Å²) < 4.78 is 10.8. The molecule has 0 aromatic heterocycles. The molecule has 11 heteroatoms. The summed E-state index contributed by atoms with van der Waals surface area (Å²) in [5, 5.41) is 8.79. The first-order chi connectivity index (χ1) is 21.7. The lowest BCUT2D eigenvalue weighted by Gasteiger charge is -2.16. The van der Waals surface area contributed by atoms with Crippen molar-refractivity contribution in [3.8, 4) is 11.5 Å². The number of thioether (sulfide) groups is 1. The standard InChI is InChI=1S/C34H31Cl2N3O5S/c1-4-31(34(42)38-24-13-15-27(35)28(36)20-24)45-26-12-8-11-23(19-26)37-33(41)29(39-32(40)21-9-6-5-7-10-21)18-22-17-25(43-2)14-16-30(22)44-3/h5-20,31H,4H2,1-3H3,(H,37,41)(H,38,42)(H,39,40)/b29-18+. The molecule has 1 atom stereocenters. The van der Waals surface area contributed by atoms with Crippen LogP contribution in [-0.4, -0.2) is 37.2 Å². The molecule has 8 nitrogen and oxygen atoms in total. The van der Waals surface area contributed by atoms with E-state index in [2.05, 4.69) is 16.0 Å². The van der Waals surface area contributed by atoms with Crippen molar-refractivity contribution >= 4 is 70.1 Å². The van der Waals surface area contributed by atoms with Crippen LogP contribution in [0.15, 0.2) is 102 Å². The molecule has 0 heterocycles. The summed E-state index contributed by atoms with van der Waals surface area (Å²) in [6, 6.07) is 25.7. The van der Waals surface area contributed by atoms with Crippen LogP contribution in [0, 0.1) is 0 Å². The van der Waals surface area contributed by atoms with E-state index >= 15 is 0 Å². The third-order valence-electron chi connectivity index (χ3n) is 6.49. The summed E-state index contributed by atoms with van der Waals surface area (Å²) in [6.07, 6.45) is 2.08. The fraction of sp³-hybridized carbons (Fsp3) is 0.147. The molecule has 0 saturated heterocycles. The highest BCUT2D eigenvalue weighted by Gasteiger charge is 2.20. The summed E-state index contributed by atoms with van der Waals surface area (Å²) in [5.41, 5.74) is 1.91. The average Bonchev–Trinajstić information content (AvgIpc) is 3.05. The quantitative estimate of drug-likeness (QED) is 0.105. The van der Waals surface area contributed by atoms with E-state index in [1.54, 1.807) is 84.9 Å². The van der Waals surface area contributed by atoms with Crippen molar-refractivity contribution in [2.45, 2.75) is 23.5 Å². The lowest BCUT2D eigenvalue weighted by Crippen LogP contribution is -2.30. The molecule has 4 rings (SSSR count). The Kier molecular flexibility index (Phi) is 11.9. The fourth-order valence-electron chi connectivity index (χ4n) is 4.18. The van der Waals surface area contributed by atoms with Crippen molar-refractivity contribution in [1.82, 2.24) is 5.32 Å². The predicted molar refractivity (Wildman–Crippen MR) is 182 cm³/mol. The van der Waals surface area contributed by atoms with Crippen molar-refractivity contribution in [3.05, 3.63) is 118 Å². The van der Waals surface area contributed by atoms with Gasteiger partial charge in [-0.1, -0.05) is 54.4 Å². The van der Waals surface area contributed by atoms with Gasteiger partial charge in [0.15, 0.2) is 0 Å². The Labute approximate surface area is 276 Å². The third kappa shape index (κ3) is 9.28. The molecule has 0 fully saturated rings. The van der Waals surface area contributed by atoms with Crippen LogP contribution < -0.4 is 25.4 Å². The van der Waals surface area contributed by atoms with E-state index in [1.807, 2.05) is 13.0 Å². The zero-order valence-electron chi connectivity index (χ0n) is 24.7. The molecule has 0 saturated carbocycles. The maximum atomic E-state index is 13.6. The molecule has 0 aliphatic carbocycles. The molecule has 0 spiro atoms. The zero-order chi connectivity index (χ0) is 32.3. The van der Waals surface area contributed by atoms with Crippen LogP contribution in [0.4, 0.5) is 11.4 Å². The van der Waals surface area contributed by atoms with E-state index in [0.717, 1.165) is 4.90 Å².